The van der Waals surface area contributed by atoms with Gasteiger partial charge in [-0.2, -0.15) is 0 Å². The van der Waals surface area contributed by atoms with Gasteiger partial charge >= 0.3 is 16.3 Å². The van der Waals surface area contributed by atoms with Crippen LogP contribution in [-0.2, 0) is 11.2 Å². The number of carbonyl (C=O) groups is 2. The molecule has 1 aliphatic heterocycles. The molecule has 1 aliphatic rings. The molecule has 0 spiro atoms. The van der Waals surface area contributed by atoms with E-state index in [-0.39, 0.29) is 29.7 Å². The number of carbonyl (C=O) groups excluding carboxylic acids is 2. The molecule has 0 fully saturated rings. The summed E-state index contributed by atoms with van der Waals surface area (Å²) in [5.41, 5.74) is 2.85. The highest BCUT2D eigenvalue weighted by atomic mass is 32.5. The number of aromatic nitrogens is 3. The van der Waals surface area contributed by atoms with Crippen LogP contribution in [-0.4, -0.2) is 50.4 Å². The zero-order valence-corrected chi connectivity index (χ0v) is 25.6. The number of amides is 1. The topological polar surface area (TPSA) is 88.2 Å². The van der Waals surface area contributed by atoms with Gasteiger partial charge in [0, 0.05) is 41.7 Å². The molecule has 240 valence electrons. The molecule has 7 nitrogen and oxygen atoms in total. The van der Waals surface area contributed by atoms with Crippen molar-refractivity contribution in [3.8, 4) is 11.3 Å². The number of benzene rings is 2. The second-order valence-electron chi connectivity index (χ2n) is 11.9. The second kappa shape index (κ2) is 10.4. The van der Waals surface area contributed by atoms with Crippen molar-refractivity contribution < 1.29 is 38.1 Å². The van der Waals surface area contributed by atoms with Gasteiger partial charge in [0.15, 0.2) is 5.78 Å². The zero-order chi connectivity index (χ0) is 33.0. The van der Waals surface area contributed by atoms with Gasteiger partial charge in [0.25, 0.3) is 0 Å². The van der Waals surface area contributed by atoms with Gasteiger partial charge in [0.1, 0.15) is 28.3 Å². The van der Waals surface area contributed by atoms with Crippen LogP contribution < -0.4 is 0 Å². The Morgan fingerprint density at radius 1 is 1.02 bits per heavy atom. The first-order chi connectivity index (χ1) is 20.7. The number of nitrogens with zero attached hydrogens (tertiary/aromatic N) is 3. The molecule has 2 aromatic carbocycles. The molecule has 0 saturated heterocycles. The van der Waals surface area contributed by atoms with Gasteiger partial charge in [0.2, 0.25) is 0 Å². The lowest BCUT2D eigenvalue weighted by molar-refractivity contribution is 0.0270. The Hall–Kier alpha value is -4.33. The van der Waals surface area contributed by atoms with Crippen molar-refractivity contribution in [3.05, 3.63) is 83.1 Å². The zero-order valence-electron chi connectivity index (χ0n) is 24.8. The van der Waals surface area contributed by atoms with Crippen LogP contribution in [0.2, 0.25) is 0 Å². The summed E-state index contributed by atoms with van der Waals surface area (Å²) in [5.74, 6) is -1.35. The Bertz CT molecular complexity index is 1860. The average molecular weight is 653 g/mol. The van der Waals surface area contributed by atoms with E-state index in [9.17, 15) is 33.4 Å². The van der Waals surface area contributed by atoms with Crippen molar-refractivity contribution in [2.45, 2.75) is 51.0 Å². The summed E-state index contributed by atoms with van der Waals surface area (Å²) >= 11 is 0. The fourth-order valence-electron chi connectivity index (χ4n) is 5.07. The highest BCUT2D eigenvalue weighted by Gasteiger charge is 2.65. The Morgan fingerprint density at radius 3 is 2.31 bits per heavy atom. The number of Topliss-reactive ketones (excluding diaryl/α,β-unsaturated/α-hetero) is 1. The minimum atomic E-state index is -9.89. The molecule has 0 bridgehead atoms. The summed E-state index contributed by atoms with van der Waals surface area (Å²) in [5, 5.41) is 0.584. The van der Waals surface area contributed by atoms with E-state index in [1.54, 1.807) is 32.6 Å². The summed E-state index contributed by atoms with van der Waals surface area (Å²) in [7, 11) is -9.89. The van der Waals surface area contributed by atoms with Gasteiger partial charge in [-0.05, 0) is 93.3 Å². The van der Waals surface area contributed by atoms with Crippen LogP contribution >= 0.6 is 10.2 Å². The number of nitrogens with one attached hydrogen (secondary N) is 1. The van der Waals surface area contributed by atoms with E-state index in [1.807, 2.05) is 12.1 Å². The monoisotopic (exact) mass is 652 g/mol. The van der Waals surface area contributed by atoms with Gasteiger partial charge in [-0.15, -0.1) is 0 Å². The van der Waals surface area contributed by atoms with Crippen molar-refractivity contribution in [2.75, 3.05) is 13.1 Å². The van der Waals surface area contributed by atoms with Crippen molar-refractivity contribution in [2.24, 2.45) is 0 Å². The molecule has 5 rings (SSSR count). The Balaban J connectivity index is 1.41. The third kappa shape index (κ3) is 7.16. The van der Waals surface area contributed by atoms with Gasteiger partial charge in [-0.25, -0.2) is 19.2 Å². The fourth-order valence-corrected chi connectivity index (χ4v) is 5.72. The predicted octanol–water partition coefficient (Wildman–Crippen LogP) is 9.18. The number of halogens is 6. The van der Waals surface area contributed by atoms with Crippen LogP contribution in [0.1, 0.15) is 54.4 Å². The lowest BCUT2D eigenvalue weighted by Gasteiger charge is -2.40. The number of hydrogen-bond acceptors (Lipinski definition) is 5. The first kappa shape index (κ1) is 32.1. The number of hydrogen-bond donors (Lipinski definition) is 1. The third-order valence-electron chi connectivity index (χ3n) is 7.34. The van der Waals surface area contributed by atoms with Crippen LogP contribution in [0.15, 0.2) is 59.8 Å². The lowest BCUT2D eigenvalue weighted by atomic mass is 9.93. The number of H-pyrrole nitrogens is 1. The molecule has 0 aliphatic carbocycles. The van der Waals surface area contributed by atoms with E-state index >= 15 is 0 Å². The maximum atomic E-state index is 14.9. The molecule has 0 unspecified atom stereocenters. The first-order valence-corrected chi connectivity index (χ1v) is 15.8. The number of ether oxygens (including phenoxy) is 1. The van der Waals surface area contributed by atoms with Crippen molar-refractivity contribution >= 4 is 38.7 Å². The Kier molecular flexibility index (Phi) is 7.38. The Morgan fingerprint density at radius 2 is 1.71 bits per heavy atom. The van der Waals surface area contributed by atoms with Crippen LogP contribution in [0.3, 0.4) is 0 Å². The molecule has 14 heteroatoms. The maximum absolute atomic E-state index is 14.9. The molecule has 1 amide bonds. The average Bonchev–Trinajstić information content (AvgIpc) is 3.37. The molecule has 1 N–H and O–H groups in total. The number of ketones is 1. The van der Waals surface area contributed by atoms with Crippen molar-refractivity contribution in [1.82, 2.24) is 19.9 Å². The van der Waals surface area contributed by atoms with Gasteiger partial charge < -0.3 is 14.6 Å². The van der Waals surface area contributed by atoms with Crippen LogP contribution in [0.25, 0.3) is 27.9 Å². The van der Waals surface area contributed by atoms with Gasteiger partial charge in [-0.1, -0.05) is 25.5 Å². The maximum Gasteiger partial charge on any atom is 0.410 e. The highest BCUT2D eigenvalue weighted by molar-refractivity contribution is 8.45. The third-order valence-corrected chi connectivity index (χ3v) is 8.50. The van der Waals surface area contributed by atoms with E-state index in [4.69, 9.17) is 4.74 Å². The summed E-state index contributed by atoms with van der Waals surface area (Å²) < 4.78 is 85.8. The van der Waals surface area contributed by atoms with E-state index in [0.29, 0.717) is 59.5 Å². The molecule has 0 radical (unpaired) electrons. The quantitative estimate of drug-likeness (QED) is 0.166. The van der Waals surface area contributed by atoms with Crippen LogP contribution in [0.5, 0.6) is 0 Å². The normalized spacial score (nSPS) is 15.8. The van der Waals surface area contributed by atoms with E-state index in [2.05, 4.69) is 15.0 Å². The number of aromatic amines is 1. The van der Waals surface area contributed by atoms with E-state index in [1.165, 1.54) is 12.4 Å². The summed E-state index contributed by atoms with van der Waals surface area (Å²) in [4.78, 5) is 36.8. The van der Waals surface area contributed by atoms with E-state index < -0.39 is 38.4 Å². The molecular weight excluding hydrogens is 622 g/mol. The molecule has 0 atom stereocenters. The minimum absolute atomic E-state index is 0.177. The van der Waals surface area contributed by atoms with Crippen molar-refractivity contribution in [1.29, 1.82) is 0 Å². The summed E-state index contributed by atoms with van der Waals surface area (Å²) in [6.45, 7) is 7.84. The SMILES string of the molecule is Cc1c(CC(=O)c2ccc(S(F)(F)(F)(F)F)cc2)cc(F)cc1-c1ncnc2[nH]c(C3=CCN(C(=O)OC(C)(C)C)CC3)cc12. The number of fused-ring (bicyclic) bond motifs is 1. The fraction of sp³-hybridized carbons (Fsp3) is 0.290. The molecule has 3 heterocycles. The Labute approximate surface area is 255 Å². The summed E-state index contributed by atoms with van der Waals surface area (Å²) in [6.07, 6.45) is 2.97. The molecule has 4 aromatic rings. The van der Waals surface area contributed by atoms with Gasteiger partial charge in [0.05, 0.1) is 5.69 Å². The number of rotatable bonds is 6. The van der Waals surface area contributed by atoms with Crippen LogP contribution in [0.4, 0.5) is 28.6 Å². The molecule has 2 aromatic heterocycles. The van der Waals surface area contributed by atoms with Crippen molar-refractivity contribution in [3.63, 3.8) is 0 Å². The molecule has 0 saturated carbocycles. The highest BCUT2D eigenvalue weighted by Crippen LogP contribution is 3.02. The molecular formula is C31H30F6N4O3S. The minimum Gasteiger partial charge on any atom is -0.444 e. The van der Waals surface area contributed by atoms with E-state index in [0.717, 1.165) is 17.3 Å². The summed E-state index contributed by atoms with van der Waals surface area (Å²) in [6, 6.07) is 5.96. The van der Waals surface area contributed by atoms with Gasteiger partial charge in [-0.3, -0.25) is 4.79 Å². The first-order valence-electron chi connectivity index (χ1n) is 13.9. The lowest BCUT2D eigenvalue weighted by Crippen LogP contribution is -2.39. The smallest absolute Gasteiger partial charge is 0.410 e. The second-order valence-corrected chi connectivity index (χ2v) is 14.3. The van der Waals surface area contributed by atoms with Crippen LogP contribution in [0, 0.1) is 12.7 Å². The standard InChI is InChI=1S/C31H30F6N4O3S/c1-18-21(14-27(42)20-5-7-23(8-6-20)45(33,34,35,36)37)13-22(32)15-24(18)28-25-16-26(40-29(25)39-17-38-28)19-9-11-41(12-10-19)30(43)44-31(2,3)4/h5-9,13,15-17H,10-12,14H2,1-4H3,(H,38,39,40). The molecule has 45 heavy (non-hydrogen) atoms. The predicted molar refractivity (Wildman–Crippen MR) is 160 cm³/mol. The largest absolute Gasteiger partial charge is 0.444 e.